The van der Waals surface area contributed by atoms with Crippen molar-refractivity contribution in [1.29, 1.82) is 0 Å². The molecular weight excluding hydrogens is 186 g/mol. The molecule has 0 radical (unpaired) electrons. The summed E-state index contributed by atoms with van der Waals surface area (Å²) in [5.41, 5.74) is 0. The summed E-state index contributed by atoms with van der Waals surface area (Å²) < 4.78 is 3.76. The molecule has 0 saturated carbocycles. The third-order valence-electron chi connectivity index (χ3n) is 2.51. The van der Waals surface area contributed by atoms with E-state index in [1.165, 1.54) is 24.5 Å². The molecule has 1 aliphatic heterocycles. The lowest BCUT2D eigenvalue weighted by Crippen LogP contribution is -2.33. The van der Waals surface area contributed by atoms with Crippen molar-refractivity contribution in [2.24, 2.45) is 0 Å². The van der Waals surface area contributed by atoms with E-state index in [1.54, 1.807) is 0 Å². The molecule has 1 aromatic rings. The van der Waals surface area contributed by atoms with Crippen LogP contribution in [0.15, 0.2) is 0 Å². The molecule has 1 aliphatic rings. The lowest BCUT2D eigenvalue weighted by Gasteiger charge is -2.22. The minimum atomic E-state index is 0.569. The van der Waals surface area contributed by atoms with Gasteiger partial charge in [-0.1, -0.05) is 9.59 Å². The van der Waals surface area contributed by atoms with Gasteiger partial charge < -0.3 is 9.80 Å². The quantitative estimate of drug-likeness (QED) is 0.674. The smallest absolute Gasteiger partial charge is 0.227 e. The molecule has 1 atom stereocenters. The Morgan fingerprint density at radius 3 is 3.00 bits per heavy atom. The van der Waals surface area contributed by atoms with Crippen LogP contribution < -0.4 is 4.90 Å². The third kappa shape index (κ3) is 1.78. The summed E-state index contributed by atoms with van der Waals surface area (Å²) in [6.45, 7) is 2.28. The van der Waals surface area contributed by atoms with Crippen LogP contribution in [0.3, 0.4) is 0 Å². The largest absolute Gasteiger partial charge is 0.344 e. The molecule has 72 valence electrons. The van der Waals surface area contributed by atoms with Crippen molar-refractivity contribution in [2.45, 2.75) is 12.5 Å². The maximum absolute atomic E-state index is 3.95. The number of aromatic nitrogens is 3. The lowest BCUT2D eigenvalue weighted by atomic mass is 10.2. The van der Waals surface area contributed by atoms with E-state index in [0.717, 1.165) is 11.7 Å². The van der Waals surface area contributed by atoms with E-state index in [4.69, 9.17) is 0 Å². The van der Waals surface area contributed by atoms with Gasteiger partial charge in [-0.15, -0.1) is 0 Å². The highest BCUT2D eigenvalue weighted by Gasteiger charge is 2.24. The minimum absolute atomic E-state index is 0.569. The molecule has 0 spiro atoms. The molecule has 1 unspecified atom stereocenters. The SMILES string of the molecule is CN1CCC(N(C)c2nnns2)C1. The molecule has 0 aliphatic carbocycles. The van der Waals surface area contributed by atoms with Gasteiger partial charge in [0.2, 0.25) is 5.13 Å². The van der Waals surface area contributed by atoms with Gasteiger partial charge in [0.1, 0.15) is 0 Å². The topological polar surface area (TPSA) is 45.2 Å². The van der Waals surface area contributed by atoms with Crippen molar-refractivity contribution in [2.75, 3.05) is 32.1 Å². The van der Waals surface area contributed by atoms with Crippen molar-refractivity contribution < 1.29 is 0 Å². The number of rotatable bonds is 2. The number of anilines is 1. The van der Waals surface area contributed by atoms with Gasteiger partial charge in [-0.3, -0.25) is 0 Å². The highest BCUT2D eigenvalue weighted by molar-refractivity contribution is 7.09. The van der Waals surface area contributed by atoms with Crippen molar-refractivity contribution in [3.8, 4) is 0 Å². The molecule has 1 fully saturated rings. The lowest BCUT2D eigenvalue weighted by molar-refractivity contribution is 0.409. The zero-order valence-corrected chi connectivity index (χ0v) is 8.66. The predicted molar refractivity (Wildman–Crippen MR) is 52.0 cm³/mol. The second-order valence-corrected chi connectivity index (χ2v) is 4.17. The standard InChI is InChI=1S/C7H13N5S/c1-11-4-3-6(5-11)12(2)7-8-9-10-13-7/h6H,3-5H2,1-2H3. The van der Waals surface area contributed by atoms with Crippen LogP contribution in [0.2, 0.25) is 0 Å². The molecule has 0 N–H and O–H groups in total. The second kappa shape index (κ2) is 3.55. The van der Waals surface area contributed by atoms with E-state index in [-0.39, 0.29) is 0 Å². The Bertz CT molecular complexity index is 262. The van der Waals surface area contributed by atoms with Crippen LogP contribution in [0.25, 0.3) is 0 Å². The number of hydrogen-bond donors (Lipinski definition) is 0. The Labute approximate surface area is 81.5 Å². The van der Waals surface area contributed by atoms with Gasteiger partial charge >= 0.3 is 0 Å². The van der Waals surface area contributed by atoms with E-state index in [1.807, 2.05) is 0 Å². The summed E-state index contributed by atoms with van der Waals surface area (Å²) in [7, 11) is 4.21. The van der Waals surface area contributed by atoms with Crippen LogP contribution in [-0.2, 0) is 0 Å². The first-order valence-corrected chi connectivity index (χ1v) is 5.11. The van der Waals surface area contributed by atoms with Crippen LogP contribution >= 0.6 is 11.5 Å². The van der Waals surface area contributed by atoms with Crippen LogP contribution in [0.4, 0.5) is 5.13 Å². The maximum atomic E-state index is 3.95. The molecule has 2 heterocycles. The Morgan fingerprint density at radius 1 is 1.62 bits per heavy atom. The van der Waals surface area contributed by atoms with Gasteiger partial charge in [0.15, 0.2) is 0 Å². The number of likely N-dealkylation sites (N-methyl/N-ethyl adjacent to an activating group) is 2. The van der Waals surface area contributed by atoms with Gasteiger partial charge in [0, 0.05) is 31.2 Å². The predicted octanol–water partition coefficient (Wildman–Crippen LogP) is 0.0734. The minimum Gasteiger partial charge on any atom is -0.344 e. The molecule has 1 saturated heterocycles. The summed E-state index contributed by atoms with van der Waals surface area (Å²) in [5.74, 6) is 0. The number of nitrogens with zero attached hydrogens (tertiary/aromatic N) is 5. The molecule has 13 heavy (non-hydrogen) atoms. The highest BCUT2D eigenvalue weighted by Crippen LogP contribution is 2.20. The fourth-order valence-electron chi connectivity index (χ4n) is 1.65. The molecule has 0 aromatic carbocycles. The van der Waals surface area contributed by atoms with Crippen LogP contribution in [0.5, 0.6) is 0 Å². The summed E-state index contributed by atoms with van der Waals surface area (Å²) in [6, 6.07) is 0.569. The van der Waals surface area contributed by atoms with Crippen LogP contribution in [0, 0.1) is 0 Å². The zero-order chi connectivity index (χ0) is 9.26. The van der Waals surface area contributed by atoms with E-state index in [9.17, 15) is 0 Å². The monoisotopic (exact) mass is 199 g/mol. The first-order chi connectivity index (χ1) is 6.27. The Hall–Kier alpha value is -0.750. The van der Waals surface area contributed by atoms with Gasteiger partial charge in [0.05, 0.1) is 0 Å². The van der Waals surface area contributed by atoms with Gasteiger partial charge in [0.25, 0.3) is 0 Å². The molecular formula is C7H13N5S. The Balaban J connectivity index is 2.02. The fourth-order valence-corrected chi connectivity index (χ4v) is 2.15. The summed E-state index contributed by atoms with van der Waals surface area (Å²) in [6.07, 6.45) is 1.20. The van der Waals surface area contributed by atoms with Crippen molar-refractivity contribution >= 4 is 16.7 Å². The first-order valence-electron chi connectivity index (χ1n) is 4.34. The molecule has 1 aromatic heterocycles. The summed E-state index contributed by atoms with van der Waals surface area (Å²) in [4.78, 5) is 4.50. The van der Waals surface area contributed by atoms with E-state index < -0.39 is 0 Å². The van der Waals surface area contributed by atoms with Gasteiger partial charge in [-0.25, -0.2) is 0 Å². The molecule has 0 bridgehead atoms. The molecule has 2 rings (SSSR count). The third-order valence-corrected chi connectivity index (χ3v) is 3.19. The zero-order valence-electron chi connectivity index (χ0n) is 7.84. The number of hydrogen-bond acceptors (Lipinski definition) is 6. The van der Waals surface area contributed by atoms with E-state index in [0.29, 0.717) is 6.04 Å². The molecule has 5 nitrogen and oxygen atoms in total. The number of likely N-dealkylation sites (tertiary alicyclic amines) is 1. The van der Waals surface area contributed by atoms with E-state index >= 15 is 0 Å². The Morgan fingerprint density at radius 2 is 2.46 bits per heavy atom. The Kier molecular flexibility index (Phi) is 2.41. The van der Waals surface area contributed by atoms with Gasteiger partial charge in [-0.2, -0.15) is 0 Å². The fraction of sp³-hybridized carbons (Fsp3) is 0.857. The summed E-state index contributed by atoms with van der Waals surface area (Å²) in [5, 5.41) is 8.46. The van der Waals surface area contributed by atoms with Crippen molar-refractivity contribution in [3.63, 3.8) is 0 Å². The highest BCUT2D eigenvalue weighted by atomic mass is 32.1. The average molecular weight is 199 g/mol. The maximum Gasteiger partial charge on any atom is 0.227 e. The second-order valence-electron chi connectivity index (χ2n) is 3.46. The van der Waals surface area contributed by atoms with Crippen molar-refractivity contribution in [1.82, 2.24) is 19.7 Å². The van der Waals surface area contributed by atoms with Crippen molar-refractivity contribution in [3.05, 3.63) is 0 Å². The normalized spacial score (nSPS) is 23.7. The average Bonchev–Trinajstić information content (AvgIpc) is 2.72. The van der Waals surface area contributed by atoms with E-state index in [2.05, 4.69) is 38.7 Å². The first kappa shape index (κ1) is 8.83. The van der Waals surface area contributed by atoms with Crippen LogP contribution in [-0.4, -0.2) is 52.9 Å². The molecule has 6 heteroatoms. The molecule has 0 amide bonds. The van der Waals surface area contributed by atoms with Crippen LogP contribution in [0.1, 0.15) is 6.42 Å². The van der Waals surface area contributed by atoms with Gasteiger partial charge in [-0.05, 0) is 25.2 Å². The summed E-state index contributed by atoms with van der Waals surface area (Å²) >= 11 is 1.35.